The number of nitrogen functional groups attached to an aromatic ring is 1. The number of thioether (sulfide) groups is 1. The first-order chi connectivity index (χ1) is 12.1. The van der Waals surface area contributed by atoms with Gasteiger partial charge in [0.1, 0.15) is 23.0 Å². The van der Waals surface area contributed by atoms with E-state index < -0.39 is 0 Å². The molecule has 0 bridgehead atoms. The smallest absolute Gasteiger partial charge is 0.233 e. The van der Waals surface area contributed by atoms with Crippen LogP contribution < -0.4 is 5.73 Å². The number of nitrogens with two attached hydrogens (primary N) is 1. The number of anilines is 1. The summed E-state index contributed by atoms with van der Waals surface area (Å²) in [4.78, 5) is 18.9. The number of hydrogen-bond donors (Lipinski definition) is 1. The van der Waals surface area contributed by atoms with Crippen LogP contribution in [0.25, 0.3) is 0 Å². The van der Waals surface area contributed by atoms with Gasteiger partial charge in [0.25, 0.3) is 0 Å². The second kappa shape index (κ2) is 7.76. The maximum Gasteiger partial charge on any atom is 0.233 e. The topological polar surface area (TPSA) is 107 Å². The minimum absolute atomic E-state index is 0.0989. The van der Waals surface area contributed by atoms with Crippen molar-refractivity contribution in [1.29, 1.82) is 10.5 Å². The summed E-state index contributed by atoms with van der Waals surface area (Å²) < 4.78 is 0. The lowest BCUT2D eigenvalue weighted by atomic mass is 9.78. The Morgan fingerprint density at radius 3 is 2.72 bits per heavy atom. The molecule has 2 atom stereocenters. The number of fused-ring (bicyclic) bond motifs is 1. The minimum Gasteiger partial charge on any atom is -0.383 e. The third kappa shape index (κ3) is 3.72. The molecule has 1 aliphatic heterocycles. The normalized spacial score (nSPS) is 22.6. The fourth-order valence-electron chi connectivity index (χ4n) is 3.94. The maximum absolute atomic E-state index is 12.7. The summed E-state index contributed by atoms with van der Waals surface area (Å²) in [5.41, 5.74) is 6.22. The van der Waals surface area contributed by atoms with E-state index in [-0.39, 0.29) is 28.6 Å². The van der Waals surface area contributed by atoms with Gasteiger partial charge in [-0.15, -0.1) is 0 Å². The van der Waals surface area contributed by atoms with Gasteiger partial charge in [-0.05, 0) is 37.7 Å². The summed E-state index contributed by atoms with van der Waals surface area (Å²) in [6, 6.07) is 5.77. The van der Waals surface area contributed by atoms with Crippen molar-refractivity contribution in [3.63, 3.8) is 0 Å². The lowest BCUT2D eigenvalue weighted by molar-refractivity contribution is -0.134. The molecule has 1 amide bonds. The molecule has 2 N–H and O–H groups in total. The quantitative estimate of drug-likeness (QED) is 0.835. The summed E-state index contributed by atoms with van der Waals surface area (Å²) in [7, 11) is 0. The van der Waals surface area contributed by atoms with Crippen molar-refractivity contribution in [3.05, 3.63) is 17.2 Å². The van der Waals surface area contributed by atoms with Crippen LogP contribution >= 0.6 is 11.8 Å². The Kier molecular flexibility index (Phi) is 5.45. The van der Waals surface area contributed by atoms with Gasteiger partial charge >= 0.3 is 0 Å². The monoisotopic (exact) mass is 355 g/mol. The summed E-state index contributed by atoms with van der Waals surface area (Å²) in [6.45, 7) is 0.828. The first-order valence-corrected chi connectivity index (χ1v) is 9.65. The molecule has 0 radical (unpaired) electrons. The Morgan fingerprint density at radius 2 is 1.96 bits per heavy atom. The van der Waals surface area contributed by atoms with Gasteiger partial charge in [0.2, 0.25) is 5.91 Å². The first-order valence-electron chi connectivity index (χ1n) is 8.67. The lowest BCUT2D eigenvalue weighted by Crippen LogP contribution is -2.50. The van der Waals surface area contributed by atoms with Crippen molar-refractivity contribution in [2.24, 2.45) is 5.92 Å². The molecule has 1 aromatic rings. The Balaban J connectivity index is 1.69. The molecule has 1 aromatic heterocycles. The number of hydrogen-bond acceptors (Lipinski definition) is 6. The molecule has 0 spiro atoms. The highest BCUT2D eigenvalue weighted by atomic mass is 32.2. The van der Waals surface area contributed by atoms with E-state index in [1.165, 1.54) is 43.5 Å². The van der Waals surface area contributed by atoms with Crippen molar-refractivity contribution < 1.29 is 4.79 Å². The summed E-state index contributed by atoms with van der Waals surface area (Å²) in [6.07, 6.45) is 7.11. The molecule has 7 heteroatoms. The number of nitrogens with zero attached hydrogens (tertiary/aromatic N) is 4. The van der Waals surface area contributed by atoms with Crippen molar-refractivity contribution in [3.8, 4) is 12.1 Å². The summed E-state index contributed by atoms with van der Waals surface area (Å²) >= 11 is 1.23. The highest BCUT2D eigenvalue weighted by Crippen LogP contribution is 2.36. The zero-order valence-electron chi connectivity index (χ0n) is 14.1. The number of likely N-dealkylation sites (tertiary alicyclic amines) is 1. The van der Waals surface area contributed by atoms with E-state index in [0.29, 0.717) is 17.0 Å². The fourth-order valence-corrected chi connectivity index (χ4v) is 4.79. The molecule has 1 saturated heterocycles. The molecular formula is C18H21N5OS. The summed E-state index contributed by atoms with van der Waals surface area (Å²) in [5, 5.41) is 18.7. The Hall–Kier alpha value is -2.25. The highest BCUT2D eigenvalue weighted by Gasteiger charge is 2.35. The predicted octanol–water partition coefficient (Wildman–Crippen LogP) is 2.68. The highest BCUT2D eigenvalue weighted by molar-refractivity contribution is 8.00. The Morgan fingerprint density at radius 1 is 1.24 bits per heavy atom. The zero-order valence-corrected chi connectivity index (χ0v) is 14.9. The van der Waals surface area contributed by atoms with Crippen molar-refractivity contribution in [2.75, 3.05) is 18.0 Å². The number of pyridine rings is 1. The zero-order chi connectivity index (χ0) is 17.8. The van der Waals surface area contributed by atoms with Crippen LogP contribution in [-0.2, 0) is 4.79 Å². The standard InChI is InChI=1S/C18H21N5OS/c19-9-13-8-14(10-20)18(22-17(13)21)25-11-16(24)23-7-3-5-12-4-1-2-6-15(12)23/h8,12,15H,1-7,11H2,(H2,21,22)/t12-,15-/m0/s1. The molecule has 0 aromatic carbocycles. The number of carbonyl (C=O) groups is 1. The molecule has 1 saturated carbocycles. The van der Waals surface area contributed by atoms with Crippen LogP contribution in [0.4, 0.5) is 5.82 Å². The van der Waals surface area contributed by atoms with Crippen LogP contribution in [-0.4, -0.2) is 34.1 Å². The fraction of sp³-hybridized carbons (Fsp3) is 0.556. The number of nitriles is 2. The van der Waals surface area contributed by atoms with E-state index in [1.54, 1.807) is 0 Å². The molecule has 130 valence electrons. The van der Waals surface area contributed by atoms with Crippen molar-refractivity contribution in [2.45, 2.75) is 49.6 Å². The van der Waals surface area contributed by atoms with Crippen LogP contribution in [0.1, 0.15) is 49.7 Å². The second-order valence-corrected chi connectivity index (χ2v) is 7.59. The van der Waals surface area contributed by atoms with E-state index in [2.05, 4.69) is 4.98 Å². The molecule has 6 nitrogen and oxygen atoms in total. The summed E-state index contributed by atoms with van der Waals surface area (Å²) in [5.74, 6) is 1.10. The van der Waals surface area contributed by atoms with Gasteiger partial charge in [-0.2, -0.15) is 10.5 Å². The van der Waals surface area contributed by atoms with E-state index in [1.807, 2.05) is 17.0 Å². The molecule has 25 heavy (non-hydrogen) atoms. The SMILES string of the molecule is N#Cc1cc(C#N)c(SCC(=O)N2CCC[C@@H]3CCCC[C@@H]32)nc1N. The number of rotatable bonds is 3. The maximum atomic E-state index is 12.7. The Labute approximate surface area is 152 Å². The lowest BCUT2D eigenvalue weighted by Gasteiger charge is -2.44. The number of carbonyl (C=O) groups excluding carboxylic acids is 1. The molecule has 2 heterocycles. The average molecular weight is 355 g/mol. The number of aromatic nitrogens is 1. The minimum atomic E-state index is 0.0989. The molecule has 0 unspecified atom stereocenters. The predicted molar refractivity (Wildman–Crippen MR) is 95.5 cm³/mol. The van der Waals surface area contributed by atoms with E-state index in [4.69, 9.17) is 11.0 Å². The van der Waals surface area contributed by atoms with Crippen molar-refractivity contribution >= 4 is 23.5 Å². The van der Waals surface area contributed by atoms with Crippen LogP contribution in [0.2, 0.25) is 0 Å². The van der Waals surface area contributed by atoms with Gasteiger partial charge in [0.05, 0.1) is 16.9 Å². The van der Waals surface area contributed by atoms with Gasteiger partial charge in [-0.25, -0.2) is 4.98 Å². The molecular weight excluding hydrogens is 334 g/mol. The van der Waals surface area contributed by atoms with Gasteiger partial charge in [-0.1, -0.05) is 24.6 Å². The molecule has 2 aliphatic rings. The third-order valence-electron chi connectivity index (χ3n) is 5.15. The Bertz CT molecular complexity index is 749. The van der Waals surface area contributed by atoms with Crippen LogP contribution in [0.15, 0.2) is 11.1 Å². The third-order valence-corrected chi connectivity index (χ3v) is 6.13. The second-order valence-electron chi connectivity index (χ2n) is 6.63. The van der Waals surface area contributed by atoms with Crippen LogP contribution in [0, 0.1) is 28.6 Å². The first kappa shape index (κ1) is 17.6. The number of piperidine rings is 1. The number of amides is 1. The van der Waals surface area contributed by atoms with Crippen molar-refractivity contribution in [1.82, 2.24) is 9.88 Å². The largest absolute Gasteiger partial charge is 0.383 e. The van der Waals surface area contributed by atoms with Gasteiger partial charge in [0.15, 0.2) is 0 Å². The average Bonchev–Trinajstić information content (AvgIpc) is 2.65. The van der Waals surface area contributed by atoms with Crippen LogP contribution in [0.5, 0.6) is 0 Å². The molecule has 3 rings (SSSR count). The van der Waals surface area contributed by atoms with E-state index >= 15 is 0 Å². The van der Waals surface area contributed by atoms with E-state index in [0.717, 1.165) is 19.4 Å². The van der Waals surface area contributed by atoms with Gasteiger partial charge in [0, 0.05) is 12.6 Å². The van der Waals surface area contributed by atoms with Gasteiger partial charge < -0.3 is 10.6 Å². The van der Waals surface area contributed by atoms with Gasteiger partial charge in [-0.3, -0.25) is 4.79 Å². The molecule has 1 aliphatic carbocycles. The van der Waals surface area contributed by atoms with E-state index in [9.17, 15) is 10.1 Å². The molecule has 2 fully saturated rings. The van der Waals surface area contributed by atoms with Crippen LogP contribution in [0.3, 0.4) is 0 Å².